The first-order valence-corrected chi connectivity index (χ1v) is 7.26. The van der Waals surface area contributed by atoms with Crippen molar-refractivity contribution < 1.29 is 17.6 Å². The Morgan fingerprint density at radius 3 is 2.47 bits per heavy atom. The third-order valence-corrected chi connectivity index (χ3v) is 2.80. The maximum absolute atomic E-state index is 11.5. The number of hydrogen-bond donors (Lipinski definition) is 3. The van der Waals surface area contributed by atoms with Gasteiger partial charge < -0.3 is 15.1 Å². The van der Waals surface area contributed by atoms with Gasteiger partial charge in [0, 0.05) is 5.54 Å². The molecule has 108 valence electrons. The number of nitrogens with one attached hydrogen (secondary N) is 2. The van der Waals surface area contributed by atoms with Crippen LogP contribution in [0.25, 0.3) is 0 Å². The fraction of sp³-hybridized carbons (Fsp3) is 0.545. The van der Waals surface area contributed by atoms with E-state index in [2.05, 4.69) is 10.6 Å². The van der Waals surface area contributed by atoms with E-state index in [1.807, 2.05) is 20.8 Å². The number of amides is 1. The lowest BCUT2D eigenvalue weighted by molar-refractivity contribution is -0.121. The van der Waals surface area contributed by atoms with Gasteiger partial charge in [0.15, 0.2) is 0 Å². The van der Waals surface area contributed by atoms with Crippen LogP contribution in [0.5, 0.6) is 0 Å². The van der Waals surface area contributed by atoms with Crippen molar-refractivity contribution in [1.82, 2.24) is 10.6 Å². The summed E-state index contributed by atoms with van der Waals surface area (Å²) in [5.74, 6) is 0.248. The average molecular weight is 289 g/mol. The molecule has 0 unspecified atom stereocenters. The van der Waals surface area contributed by atoms with Crippen LogP contribution >= 0.6 is 0 Å². The molecule has 0 fully saturated rings. The number of nitrogens with two attached hydrogens (primary N) is 1. The highest BCUT2D eigenvalue weighted by atomic mass is 32.2. The monoisotopic (exact) mass is 289 g/mol. The zero-order chi connectivity index (χ0) is 14.7. The van der Waals surface area contributed by atoms with E-state index >= 15 is 0 Å². The molecule has 0 aliphatic carbocycles. The van der Waals surface area contributed by atoms with Crippen molar-refractivity contribution >= 4 is 15.9 Å². The molecule has 8 heteroatoms. The van der Waals surface area contributed by atoms with Crippen molar-refractivity contribution in [3.05, 3.63) is 17.9 Å². The highest BCUT2D eigenvalue weighted by Crippen LogP contribution is 2.11. The summed E-state index contributed by atoms with van der Waals surface area (Å²) in [6, 6.07) is 2.77. The first-order valence-electron chi connectivity index (χ1n) is 5.71. The molecule has 0 saturated heterocycles. The van der Waals surface area contributed by atoms with E-state index in [4.69, 9.17) is 9.56 Å². The smallest absolute Gasteiger partial charge is 0.271 e. The zero-order valence-corrected chi connectivity index (χ0v) is 12.0. The molecule has 19 heavy (non-hydrogen) atoms. The second-order valence-electron chi connectivity index (χ2n) is 5.17. The van der Waals surface area contributed by atoms with Crippen LogP contribution in [0.1, 0.15) is 26.5 Å². The highest BCUT2D eigenvalue weighted by Gasteiger charge is 2.15. The summed E-state index contributed by atoms with van der Waals surface area (Å²) in [4.78, 5) is 11.5. The lowest BCUT2D eigenvalue weighted by atomic mass is 10.1. The van der Waals surface area contributed by atoms with Gasteiger partial charge in [0.25, 0.3) is 10.0 Å². The standard InChI is InChI=1S/C11H19N3O4S/c1-11(2,3)14-9(15)7-13-6-8-4-5-10(18-8)19(12,16)17/h4-5,13H,6-7H2,1-3H3,(H,14,15)(H2,12,16,17). The third-order valence-electron chi connectivity index (χ3n) is 2.02. The van der Waals surface area contributed by atoms with Crippen molar-refractivity contribution in [2.24, 2.45) is 5.14 Å². The maximum Gasteiger partial charge on any atom is 0.271 e. The largest absolute Gasteiger partial charge is 0.447 e. The van der Waals surface area contributed by atoms with Crippen LogP contribution in [-0.4, -0.2) is 26.4 Å². The van der Waals surface area contributed by atoms with E-state index in [1.165, 1.54) is 12.1 Å². The Morgan fingerprint density at radius 1 is 1.37 bits per heavy atom. The summed E-state index contributed by atoms with van der Waals surface area (Å²) < 4.78 is 27.0. The molecular weight excluding hydrogens is 270 g/mol. The number of furan rings is 1. The van der Waals surface area contributed by atoms with Gasteiger partial charge in [-0.15, -0.1) is 0 Å². The van der Waals surface area contributed by atoms with E-state index in [0.29, 0.717) is 5.76 Å². The second kappa shape index (κ2) is 5.72. The molecule has 1 aromatic heterocycles. The quantitative estimate of drug-likeness (QED) is 0.702. The molecule has 1 aromatic rings. The van der Waals surface area contributed by atoms with Crippen LogP contribution in [0.2, 0.25) is 0 Å². The van der Waals surface area contributed by atoms with Crippen LogP contribution in [0.4, 0.5) is 0 Å². The van der Waals surface area contributed by atoms with Gasteiger partial charge in [0.05, 0.1) is 13.1 Å². The van der Waals surface area contributed by atoms with E-state index in [-0.39, 0.29) is 29.6 Å². The summed E-state index contributed by atoms with van der Waals surface area (Å²) in [7, 11) is -3.82. The Hall–Kier alpha value is -1.38. The summed E-state index contributed by atoms with van der Waals surface area (Å²) in [6.07, 6.45) is 0. The maximum atomic E-state index is 11.5. The van der Waals surface area contributed by atoms with Gasteiger partial charge in [-0.2, -0.15) is 0 Å². The summed E-state index contributed by atoms with van der Waals surface area (Å²) in [5.41, 5.74) is -0.287. The lowest BCUT2D eigenvalue weighted by Crippen LogP contribution is -2.44. The minimum Gasteiger partial charge on any atom is -0.447 e. The number of rotatable bonds is 5. The first kappa shape index (κ1) is 15.7. The van der Waals surface area contributed by atoms with Crippen molar-refractivity contribution in [2.75, 3.05) is 6.54 Å². The number of primary sulfonamides is 1. The Balaban J connectivity index is 2.42. The molecule has 1 heterocycles. The fourth-order valence-electron chi connectivity index (χ4n) is 1.37. The topological polar surface area (TPSA) is 114 Å². The third kappa shape index (κ3) is 5.86. The Labute approximate surface area is 112 Å². The van der Waals surface area contributed by atoms with Crippen molar-refractivity contribution in [1.29, 1.82) is 0 Å². The van der Waals surface area contributed by atoms with E-state index in [1.54, 1.807) is 0 Å². The molecule has 7 nitrogen and oxygen atoms in total. The SMILES string of the molecule is CC(C)(C)NC(=O)CNCc1ccc(S(N)(=O)=O)o1. The summed E-state index contributed by atoms with van der Waals surface area (Å²) in [6.45, 7) is 6.01. The summed E-state index contributed by atoms with van der Waals surface area (Å²) in [5, 5.41) is 10.3. The number of hydrogen-bond acceptors (Lipinski definition) is 5. The summed E-state index contributed by atoms with van der Waals surface area (Å²) >= 11 is 0. The first-order chi connectivity index (χ1) is 8.58. The normalized spacial score (nSPS) is 12.4. The molecule has 0 spiro atoms. The molecule has 0 aliphatic rings. The van der Waals surface area contributed by atoms with Gasteiger partial charge in [0.2, 0.25) is 11.0 Å². The predicted octanol–water partition coefficient (Wildman–Crippen LogP) is -0.0687. The zero-order valence-electron chi connectivity index (χ0n) is 11.2. The molecule has 1 amide bonds. The number of sulfonamides is 1. The van der Waals surface area contributed by atoms with E-state index < -0.39 is 10.0 Å². The van der Waals surface area contributed by atoms with Gasteiger partial charge in [-0.1, -0.05) is 0 Å². The average Bonchev–Trinajstić information content (AvgIpc) is 2.62. The molecule has 0 atom stereocenters. The lowest BCUT2D eigenvalue weighted by Gasteiger charge is -2.20. The van der Waals surface area contributed by atoms with Crippen molar-refractivity contribution in [3.8, 4) is 0 Å². The van der Waals surface area contributed by atoms with Gasteiger partial charge in [-0.3, -0.25) is 4.79 Å². The van der Waals surface area contributed by atoms with Gasteiger partial charge in [0.1, 0.15) is 5.76 Å². The van der Waals surface area contributed by atoms with E-state index in [9.17, 15) is 13.2 Å². The number of carbonyl (C=O) groups is 1. The predicted molar refractivity (Wildman–Crippen MR) is 69.7 cm³/mol. The van der Waals surface area contributed by atoms with Crippen LogP contribution < -0.4 is 15.8 Å². The van der Waals surface area contributed by atoms with Crippen LogP contribution in [0, 0.1) is 0 Å². The minimum atomic E-state index is -3.82. The molecule has 1 rings (SSSR count). The molecule has 0 saturated carbocycles. The van der Waals surface area contributed by atoms with Crippen LogP contribution in [0.3, 0.4) is 0 Å². The molecule has 0 radical (unpaired) electrons. The van der Waals surface area contributed by atoms with Crippen molar-refractivity contribution in [3.63, 3.8) is 0 Å². The molecule has 0 aliphatic heterocycles. The molecule has 0 aromatic carbocycles. The fourth-order valence-corrected chi connectivity index (χ4v) is 1.85. The number of carbonyl (C=O) groups excluding carboxylic acids is 1. The highest BCUT2D eigenvalue weighted by molar-refractivity contribution is 7.89. The molecule has 4 N–H and O–H groups in total. The molecular formula is C11H19N3O4S. The van der Waals surface area contributed by atoms with Crippen LogP contribution in [0.15, 0.2) is 21.6 Å². The van der Waals surface area contributed by atoms with Gasteiger partial charge in [-0.25, -0.2) is 13.6 Å². The second-order valence-corrected chi connectivity index (χ2v) is 6.66. The van der Waals surface area contributed by atoms with Gasteiger partial charge in [-0.05, 0) is 32.9 Å². The Morgan fingerprint density at radius 2 is 2.00 bits per heavy atom. The Kier molecular flexibility index (Phi) is 4.72. The minimum absolute atomic E-state index is 0.114. The van der Waals surface area contributed by atoms with Crippen LogP contribution in [-0.2, 0) is 21.4 Å². The van der Waals surface area contributed by atoms with E-state index in [0.717, 1.165) is 0 Å². The van der Waals surface area contributed by atoms with Gasteiger partial charge >= 0.3 is 0 Å². The van der Waals surface area contributed by atoms with Crippen molar-refractivity contribution in [2.45, 2.75) is 37.9 Å². The molecule has 0 bridgehead atoms. The Bertz CT molecular complexity index is 543.